The number of aromatic nitrogens is 7. The summed E-state index contributed by atoms with van der Waals surface area (Å²) < 4.78 is 1.19. The lowest BCUT2D eigenvalue weighted by molar-refractivity contribution is -0.138. The number of hydrogen-bond donors (Lipinski definition) is 2. The van der Waals surface area contributed by atoms with Gasteiger partial charge < -0.3 is 10.4 Å². The van der Waals surface area contributed by atoms with Gasteiger partial charge in [-0.2, -0.15) is 4.80 Å². The van der Waals surface area contributed by atoms with E-state index in [1.54, 1.807) is 0 Å². The quantitative estimate of drug-likeness (QED) is 0.573. The molecular weight excluding hydrogens is 364 g/mol. The van der Waals surface area contributed by atoms with Crippen molar-refractivity contribution >= 4 is 11.9 Å². The van der Waals surface area contributed by atoms with Crippen molar-refractivity contribution in [3.05, 3.63) is 42.2 Å². The second kappa shape index (κ2) is 8.37. The molecule has 0 spiro atoms. The highest BCUT2D eigenvalue weighted by Gasteiger charge is 2.27. The maximum Gasteiger partial charge on any atom is 0.325 e. The number of carboxylic acid groups (broad SMARTS) is 1. The van der Waals surface area contributed by atoms with Crippen molar-refractivity contribution in [1.82, 2.24) is 40.5 Å². The van der Waals surface area contributed by atoms with E-state index in [9.17, 15) is 9.59 Å². The fraction of sp³-hybridized carbons (Fsp3) is 0.353. The summed E-state index contributed by atoms with van der Waals surface area (Å²) in [4.78, 5) is 24.7. The molecular formula is C17H20N8O3. The number of aliphatic carboxylic acids is 1. The summed E-state index contributed by atoms with van der Waals surface area (Å²) in [6, 6.07) is 8.73. The fourth-order valence-corrected chi connectivity index (χ4v) is 2.64. The number of hydrogen-bond acceptors (Lipinski definition) is 7. The molecule has 2 heterocycles. The van der Waals surface area contributed by atoms with Gasteiger partial charge in [-0.1, -0.05) is 49.4 Å². The Morgan fingerprint density at radius 3 is 2.57 bits per heavy atom. The summed E-state index contributed by atoms with van der Waals surface area (Å²) in [6.07, 6.45) is 1.47. The molecule has 2 aromatic heterocycles. The largest absolute Gasteiger partial charge is 0.480 e. The maximum absolute atomic E-state index is 12.7. The van der Waals surface area contributed by atoms with Crippen LogP contribution in [0, 0.1) is 5.92 Å². The fourth-order valence-electron chi connectivity index (χ4n) is 2.64. The molecule has 0 radical (unpaired) electrons. The van der Waals surface area contributed by atoms with E-state index in [2.05, 4.69) is 31.0 Å². The van der Waals surface area contributed by atoms with Crippen molar-refractivity contribution in [2.75, 3.05) is 0 Å². The van der Waals surface area contributed by atoms with Crippen LogP contribution in [0.15, 0.2) is 36.5 Å². The first-order valence-electron chi connectivity index (χ1n) is 8.67. The van der Waals surface area contributed by atoms with Crippen molar-refractivity contribution in [3.8, 4) is 11.4 Å². The van der Waals surface area contributed by atoms with Gasteiger partial charge >= 0.3 is 5.97 Å². The minimum absolute atomic E-state index is 0.0829. The van der Waals surface area contributed by atoms with Crippen molar-refractivity contribution in [2.24, 2.45) is 5.92 Å². The topological polar surface area (TPSA) is 141 Å². The minimum atomic E-state index is -1.02. The van der Waals surface area contributed by atoms with Crippen LogP contribution in [0.5, 0.6) is 0 Å². The normalized spacial score (nSPS) is 12.1. The van der Waals surface area contributed by atoms with Gasteiger partial charge in [0.2, 0.25) is 11.7 Å². The van der Waals surface area contributed by atoms with E-state index in [0.29, 0.717) is 11.5 Å². The highest BCUT2D eigenvalue weighted by molar-refractivity contribution is 5.80. The van der Waals surface area contributed by atoms with Gasteiger partial charge in [0.1, 0.15) is 12.2 Å². The zero-order chi connectivity index (χ0) is 20.1. The molecule has 0 aliphatic heterocycles. The first kappa shape index (κ1) is 19.1. The average Bonchev–Trinajstić information content (AvgIpc) is 3.30. The summed E-state index contributed by atoms with van der Waals surface area (Å²) in [5.41, 5.74) is 1.26. The van der Waals surface area contributed by atoms with Crippen molar-refractivity contribution in [3.63, 3.8) is 0 Å². The van der Waals surface area contributed by atoms with E-state index >= 15 is 0 Å². The van der Waals surface area contributed by atoms with Crippen LogP contribution in [0.25, 0.3) is 11.4 Å². The molecule has 0 saturated heterocycles. The molecule has 1 amide bonds. The Balaban J connectivity index is 1.68. The molecule has 0 aliphatic carbocycles. The molecule has 3 rings (SSSR count). The molecule has 11 nitrogen and oxygen atoms in total. The second-order valence-electron chi connectivity index (χ2n) is 6.51. The van der Waals surface area contributed by atoms with E-state index in [1.165, 1.54) is 15.7 Å². The molecule has 0 aliphatic rings. The van der Waals surface area contributed by atoms with Gasteiger partial charge in [-0.05, 0) is 11.1 Å². The summed E-state index contributed by atoms with van der Waals surface area (Å²) in [5, 5.41) is 31.5. The third-order valence-electron chi connectivity index (χ3n) is 3.94. The minimum Gasteiger partial charge on any atom is -0.480 e. The number of nitrogens with zero attached hydrogens (tertiary/aromatic N) is 7. The second-order valence-corrected chi connectivity index (χ2v) is 6.51. The summed E-state index contributed by atoms with van der Waals surface area (Å²) >= 11 is 0. The third kappa shape index (κ3) is 4.55. The Morgan fingerprint density at radius 2 is 1.89 bits per heavy atom. The smallest absolute Gasteiger partial charge is 0.325 e. The van der Waals surface area contributed by atoms with Gasteiger partial charge in [0, 0.05) is 5.56 Å². The van der Waals surface area contributed by atoms with Crippen LogP contribution in [0.1, 0.15) is 25.6 Å². The zero-order valence-corrected chi connectivity index (χ0v) is 15.4. The highest BCUT2D eigenvalue weighted by atomic mass is 16.4. The van der Waals surface area contributed by atoms with Gasteiger partial charge in [-0.3, -0.25) is 9.59 Å². The van der Waals surface area contributed by atoms with Crippen LogP contribution in [-0.2, 0) is 22.7 Å². The number of carboxylic acids is 1. The van der Waals surface area contributed by atoms with E-state index in [1.807, 2.05) is 44.2 Å². The monoisotopic (exact) mass is 384 g/mol. The molecule has 11 heteroatoms. The lowest BCUT2D eigenvalue weighted by atomic mass is 10.0. The number of carbonyl (C=O) groups excluding carboxylic acids is 1. The van der Waals surface area contributed by atoms with Crippen LogP contribution in [0.4, 0.5) is 0 Å². The van der Waals surface area contributed by atoms with Crippen LogP contribution < -0.4 is 5.32 Å². The van der Waals surface area contributed by atoms with E-state index < -0.39 is 12.0 Å². The molecule has 146 valence electrons. The van der Waals surface area contributed by atoms with E-state index in [4.69, 9.17) is 5.11 Å². The van der Waals surface area contributed by atoms with Gasteiger partial charge in [0.15, 0.2) is 6.04 Å². The number of nitrogens with one attached hydrogen (secondary N) is 1. The average molecular weight is 384 g/mol. The Bertz CT molecular complexity index is 950. The van der Waals surface area contributed by atoms with Crippen molar-refractivity contribution < 1.29 is 14.7 Å². The van der Waals surface area contributed by atoms with Gasteiger partial charge in [0.25, 0.3) is 0 Å². The van der Waals surface area contributed by atoms with Crippen LogP contribution in [-0.4, -0.2) is 52.2 Å². The summed E-state index contributed by atoms with van der Waals surface area (Å²) in [6.45, 7) is 3.60. The molecule has 1 aromatic carbocycles. The standard InChI is InChI=1S/C17H20N8O3/c1-11(2)15(25-21-16(20-23-25)12-6-4-3-5-7-12)17(28)18-8-13-9-24(22-19-13)10-14(26)27/h3-7,9,11,15H,8,10H2,1-2H3,(H,18,28)(H,26,27). The van der Waals surface area contributed by atoms with Crippen LogP contribution in [0.3, 0.4) is 0 Å². The number of tetrazole rings is 1. The zero-order valence-electron chi connectivity index (χ0n) is 15.4. The van der Waals surface area contributed by atoms with E-state index in [-0.39, 0.29) is 24.9 Å². The molecule has 1 atom stereocenters. The first-order chi connectivity index (χ1) is 13.4. The van der Waals surface area contributed by atoms with Crippen molar-refractivity contribution in [2.45, 2.75) is 33.0 Å². The van der Waals surface area contributed by atoms with Crippen LogP contribution in [0.2, 0.25) is 0 Å². The Labute approximate surface area is 160 Å². The maximum atomic E-state index is 12.7. The predicted octanol–water partition coefficient (Wildman–Crippen LogP) is 0.530. The van der Waals surface area contributed by atoms with Crippen LogP contribution >= 0.6 is 0 Å². The highest BCUT2D eigenvalue weighted by Crippen LogP contribution is 2.18. The van der Waals surface area contributed by atoms with Gasteiger partial charge in [-0.15, -0.1) is 15.3 Å². The number of amides is 1. The lowest BCUT2D eigenvalue weighted by Gasteiger charge is -2.18. The molecule has 0 bridgehead atoms. The molecule has 28 heavy (non-hydrogen) atoms. The number of carbonyl (C=O) groups is 2. The number of rotatable bonds is 8. The lowest BCUT2D eigenvalue weighted by Crippen LogP contribution is -2.36. The molecule has 0 fully saturated rings. The summed E-state index contributed by atoms with van der Waals surface area (Å²) in [7, 11) is 0. The number of benzene rings is 1. The molecule has 0 saturated carbocycles. The SMILES string of the molecule is CC(C)C(C(=O)NCc1cn(CC(=O)O)nn1)n1nnc(-c2ccccc2)n1. The Morgan fingerprint density at radius 1 is 1.14 bits per heavy atom. The predicted molar refractivity (Wildman–Crippen MR) is 96.6 cm³/mol. The first-order valence-corrected chi connectivity index (χ1v) is 8.67. The van der Waals surface area contributed by atoms with E-state index in [0.717, 1.165) is 5.56 Å². The molecule has 2 N–H and O–H groups in total. The van der Waals surface area contributed by atoms with Gasteiger partial charge in [0.05, 0.1) is 12.7 Å². The Hall–Kier alpha value is -3.63. The summed E-state index contributed by atoms with van der Waals surface area (Å²) in [5.74, 6) is -0.956. The Kier molecular flexibility index (Phi) is 5.72. The van der Waals surface area contributed by atoms with Gasteiger partial charge in [-0.25, -0.2) is 4.68 Å². The van der Waals surface area contributed by atoms with Crippen molar-refractivity contribution in [1.29, 1.82) is 0 Å². The molecule has 3 aromatic rings. The molecule has 1 unspecified atom stereocenters. The third-order valence-corrected chi connectivity index (χ3v) is 3.94.